The lowest BCUT2D eigenvalue weighted by Gasteiger charge is -2.12. The minimum absolute atomic E-state index is 0.424. The molecule has 2 aromatic heterocycles. The third kappa shape index (κ3) is 6.44. The van der Waals surface area contributed by atoms with Gasteiger partial charge < -0.3 is 19.4 Å². The van der Waals surface area contributed by atoms with Gasteiger partial charge in [0.05, 0.1) is 0 Å². The van der Waals surface area contributed by atoms with Crippen LogP contribution in [-0.4, -0.2) is 34.4 Å². The molecule has 188 valence electrons. The molecule has 2 unspecified atom stereocenters. The van der Waals surface area contributed by atoms with Crippen LogP contribution in [0.1, 0.15) is 24.0 Å². The monoisotopic (exact) mass is 616 g/mol. The fraction of sp³-hybridized carbons (Fsp3) is 0.231. The third-order valence-electron chi connectivity index (χ3n) is 5.76. The SMILES string of the molecule is NC(CCc1c[nH]c2cccc(Br)c12)OC(=O)/C=C/C(=O)OC(N)CCc1c[nH]c2cccc(Br)c12. The van der Waals surface area contributed by atoms with Gasteiger partial charge in [-0.2, -0.15) is 0 Å². The number of rotatable bonds is 10. The van der Waals surface area contributed by atoms with Gasteiger partial charge in [0, 0.05) is 68.1 Å². The van der Waals surface area contributed by atoms with E-state index in [9.17, 15) is 9.59 Å². The van der Waals surface area contributed by atoms with Crippen LogP contribution in [0.4, 0.5) is 0 Å². The van der Waals surface area contributed by atoms with Crippen molar-refractivity contribution in [2.75, 3.05) is 0 Å². The number of nitrogens with two attached hydrogens (primary N) is 2. The van der Waals surface area contributed by atoms with Crippen molar-refractivity contribution in [1.29, 1.82) is 0 Å². The highest BCUT2D eigenvalue weighted by atomic mass is 79.9. The first kappa shape index (κ1) is 26.2. The van der Waals surface area contributed by atoms with Crippen molar-refractivity contribution < 1.29 is 19.1 Å². The van der Waals surface area contributed by atoms with Gasteiger partial charge in [-0.25, -0.2) is 9.59 Å². The van der Waals surface area contributed by atoms with Crippen molar-refractivity contribution >= 4 is 65.6 Å². The van der Waals surface area contributed by atoms with Crippen LogP contribution < -0.4 is 11.5 Å². The fourth-order valence-electron chi connectivity index (χ4n) is 4.04. The maximum atomic E-state index is 12.1. The first-order valence-electron chi connectivity index (χ1n) is 11.4. The minimum atomic E-state index is -0.816. The zero-order valence-corrected chi connectivity index (χ0v) is 22.5. The highest BCUT2D eigenvalue weighted by Gasteiger charge is 2.14. The van der Waals surface area contributed by atoms with E-state index in [1.54, 1.807) is 0 Å². The number of esters is 2. The predicted octanol–water partition coefficient (Wildman–Crippen LogP) is 4.95. The van der Waals surface area contributed by atoms with Gasteiger partial charge in [0.15, 0.2) is 12.5 Å². The van der Waals surface area contributed by atoms with Gasteiger partial charge in [0.2, 0.25) is 0 Å². The van der Waals surface area contributed by atoms with Crippen molar-refractivity contribution in [3.63, 3.8) is 0 Å². The molecule has 4 aromatic rings. The Morgan fingerprint density at radius 3 is 1.61 bits per heavy atom. The van der Waals surface area contributed by atoms with Crippen molar-refractivity contribution in [2.24, 2.45) is 11.5 Å². The number of H-pyrrole nitrogens is 2. The van der Waals surface area contributed by atoms with Crippen molar-refractivity contribution in [2.45, 2.75) is 38.1 Å². The number of nitrogens with one attached hydrogen (secondary N) is 2. The number of halogens is 2. The number of aromatic amines is 2. The molecule has 8 nitrogen and oxygen atoms in total. The van der Waals surface area contributed by atoms with Crippen molar-refractivity contribution in [3.05, 3.63) is 81.0 Å². The smallest absolute Gasteiger partial charge is 0.332 e. The number of hydrogen-bond donors (Lipinski definition) is 4. The van der Waals surface area contributed by atoms with Gasteiger partial charge in [-0.15, -0.1) is 0 Å². The van der Waals surface area contributed by atoms with Gasteiger partial charge in [0.25, 0.3) is 0 Å². The normalized spacial score (nSPS) is 13.3. The number of carbonyl (C=O) groups excluding carboxylic acids is 2. The van der Waals surface area contributed by atoms with Crippen LogP contribution in [0.2, 0.25) is 0 Å². The molecule has 0 aliphatic heterocycles. The summed E-state index contributed by atoms with van der Waals surface area (Å²) in [7, 11) is 0. The molecule has 0 fully saturated rings. The summed E-state index contributed by atoms with van der Waals surface area (Å²) in [4.78, 5) is 30.5. The second-order valence-corrected chi connectivity index (χ2v) is 10.0. The number of ether oxygens (including phenoxy) is 2. The first-order valence-corrected chi connectivity index (χ1v) is 13.0. The van der Waals surface area contributed by atoms with Crippen LogP contribution in [0.5, 0.6) is 0 Å². The first-order chi connectivity index (χ1) is 17.3. The molecule has 0 saturated heterocycles. The predicted molar refractivity (Wildman–Crippen MR) is 146 cm³/mol. The van der Waals surface area contributed by atoms with Crippen molar-refractivity contribution in [3.8, 4) is 0 Å². The number of benzene rings is 2. The molecule has 2 atom stereocenters. The number of carbonyl (C=O) groups is 2. The summed E-state index contributed by atoms with van der Waals surface area (Å²) in [6.45, 7) is 0. The summed E-state index contributed by atoms with van der Waals surface area (Å²) in [5.74, 6) is -1.45. The van der Waals surface area contributed by atoms with Gasteiger partial charge in [-0.3, -0.25) is 11.5 Å². The molecule has 2 aromatic carbocycles. The molecule has 0 amide bonds. The number of hydrogen-bond acceptors (Lipinski definition) is 6. The maximum Gasteiger partial charge on any atom is 0.332 e. The van der Waals surface area contributed by atoms with Crippen LogP contribution in [0.3, 0.4) is 0 Å². The van der Waals surface area contributed by atoms with Crippen LogP contribution in [-0.2, 0) is 31.9 Å². The zero-order chi connectivity index (χ0) is 25.7. The maximum absolute atomic E-state index is 12.1. The Balaban J connectivity index is 1.20. The summed E-state index contributed by atoms with van der Waals surface area (Å²) >= 11 is 7.11. The summed E-state index contributed by atoms with van der Waals surface area (Å²) < 4.78 is 12.3. The Bertz CT molecular complexity index is 1310. The Morgan fingerprint density at radius 2 is 1.19 bits per heavy atom. The van der Waals surface area contributed by atoms with Gasteiger partial charge in [-0.1, -0.05) is 44.0 Å². The second kappa shape index (κ2) is 11.9. The second-order valence-electron chi connectivity index (χ2n) is 8.31. The highest BCUT2D eigenvalue weighted by molar-refractivity contribution is 9.11. The molecule has 2 heterocycles. The van der Waals surface area contributed by atoms with E-state index in [4.69, 9.17) is 20.9 Å². The summed E-state index contributed by atoms with van der Waals surface area (Å²) in [6.07, 6.45) is 6.27. The molecule has 6 N–H and O–H groups in total. The fourth-order valence-corrected chi connectivity index (χ4v) is 5.28. The van der Waals surface area contributed by atoms with Gasteiger partial charge in [0.1, 0.15) is 0 Å². The molecular formula is C26H26Br2N4O4. The number of fused-ring (bicyclic) bond motifs is 2. The Labute approximate surface area is 224 Å². The van der Waals surface area contributed by atoms with E-state index >= 15 is 0 Å². The van der Waals surface area contributed by atoms with E-state index in [1.807, 2.05) is 48.8 Å². The lowest BCUT2D eigenvalue weighted by atomic mass is 10.1. The Morgan fingerprint density at radius 1 is 0.778 bits per heavy atom. The molecule has 0 bridgehead atoms. The summed E-state index contributed by atoms with van der Waals surface area (Å²) in [6, 6.07) is 11.8. The zero-order valence-electron chi connectivity index (χ0n) is 19.3. The quantitative estimate of drug-likeness (QED) is 0.113. The van der Waals surface area contributed by atoms with Crippen molar-refractivity contribution in [1.82, 2.24) is 9.97 Å². The molecule has 4 rings (SSSR count). The van der Waals surface area contributed by atoms with E-state index in [-0.39, 0.29) is 0 Å². The van der Waals surface area contributed by atoms with E-state index in [2.05, 4.69) is 41.8 Å². The molecule has 10 heteroatoms. The van der Waals surface area contributed by atoms with Crippen LogP contribution in [0, 0.1) is 0 Å². The van der Waals surface area contributed by atoms with Crippen LogP contribution in [0.25, 0.3) is 21.8 Å². The third-order valence-corrected chi connectivity index (χ3v) is 7.08. The van der Waals surface area contributed by atoms with E-state index in [0.717, 1.165) is 54.0 Å². The number of aromatic nitrogens is 2. The molecular weight excluding hydrogens is 592 g/mol. The summed E-state index contributed by atoms with van der Waals surface area (Å²) in [5.41, 5.74) is 16.1. The molecule has 0 saturated carbocycles. The molecule has 0 radical (unpaired) electrons. The average molecular weight is 618 g/mol. The average Bonchev–Trinajstić information content (AvgIpc) is 3.46. The molecule has 0 aliphatic rings. The lowest BCUT2D eigenvalue weighted by molar-refractivity contribution is -0.145. The minimum Gasteiger partial charge on any atom is -0.444 e. The van der Waals surface area contributed by atoms with Crippen LogP contribution >= 0.6 is 31.9 Å². The molecule has 36 heavy (non-hydrogen) atoms. The Hall–Kier alpha value is -2.92. The molecule has 0 aliphatic carbocycles. The van der Waals surface area contributed by atoms with Crippen LogP contribution in [0.15, 0.2) is 69.9 Å². The van der Waals surface area contributed by atoms with Gasteiger partial charge >= 0.3 is 11.9 Å². The highest BCUT2D eigenvalue weighted by Crippen LogP contribution is 2.29. The van der Waals surface area contributed by atoms with E-state index in [1.165, 1.54) is 0 Å². The van der Waals surface area contributed by atoms with Gasteiger partial charge in [-0.05, 0) is 48.2 Å². The number of aryl methyl sites for hydroxylation is 2. The van der Waals surface area contributed by atoms with E-state index in [0.29, 0.717) is 25.7 Å². The summed E-state index contributed by atoms with van der Waals surface area (Å²) in [5, 5.41) is 2.15. The largest absolute Gasteiger partial charge is 0.444 e. The Kier molecular flexibility index (Phi) is 8.63. The standard InChI is InChI=1S/C26H26Br2N4O4/c27-17-3-1-5-19-25(17)15(13-31-19)7-9-21(29)35-23(33)11-12-24(34)36-22(30)10-8-16-14-32-20-6-2-4-18(28)26(16)20/h1-6,11-14,21-22,31-32H,7-10,29-30H2/b12-11+. The molecule has 0 spiro atoms. The van der Waals surface area contributed by atoms with E-state index < -0.39 is 24.4 Å². The topological polar surface area (TPSA) is 136 Å². The lowest BCUT2D eigenvalue weighted by Crippen LogP contribution is -2.28.